The molecule has 0 fully saturated rings. The van der Waals surface area contributed by atoms with Gasteiger partial charge >= 0.3 is 11.9 Å². The third-order valence-electron chi connectivity index (χ3n) is 4.55. The Hall–Kier alpha value is -1.84. The number of unbranched alkanes of at least 4 members (excludes halogenated alkanes) is 4. The summed E-state index contributed by atoms with van der Waals surface area (Å²) >= 11 is 0. The van der Waals surface area contributed by atoms with E-state index in [4.69, 9.17) is 9.47 Å². The van der Waals surface area contributed by atoms with Crippen molar-refractivity contribution in [3.63, 3.8) is 0 Å². The molecule has 0 N–H and O–H groups in total. The molecule has 0 spiro atoms. The third kappa shape index (κ3) is 6.15. The van der Waals surface area contributed by atoms with E-state index in [1.165, 1.54) is 0 Å². The molecule has 0 atom stereocenters. The first-order valence-electron chi connectivity index (χ1n) is 10.0. The molecule has 0 unspecified atom stereocenters. The number of hydrogen-bond acceptors (Lipinski definition) is 4. The zero-order valence-corrected chi connectivity index (χ0v) is 16.6. The molecule has 0 aliphatic rings. The van der Waals surface area contributed by atoms with Gasteiger partial charge < -0.3 is 9.47 Å². The first-order chi connectivity index (χ1) is 12.6. The topological polar surface area (TPSA) is 52.6 Å². The second-order valence-electron chi connectivity index (χ2n) is 6.71. The number of rotatable bonds is 13. The van der Waals surface area contributed by atoms with Crippen LogP contribution in [0.25, 0.3) is 0 Å². The second-order valence-corrected chi connectivity index (χ2v) is 6.71. The standard InChI is InChI=1S/C22H34O4/c1-4-7-12-17-25-20(23)22(16-6-3,19-14-10-9-11-15-19)21(24)26-18-13-8-5-2/h9-11,14-15H,4-8,12-13,16-18H2,1-3H3. The molecule has 4 heteroatoms. The number of ether oxygens (including phenoxy) is 2. The summed E-state index contributed by atoms with van der Waals surface area (Å²) in [5.41, 5.74) is -0.711. The summed E-state index contributed by atoms with van der Waals surface area (Å²) in [7, 11) is 0. The number of hydrogen-bond donors (Lipinski definition) is 0. The number of esters is 2. The molecular weight excluding hydrogens is 328 g/mol. The summed E-state index contributed by atoms with van der Waals surface area (Å²) < 4.78 is 11.1. The number of carbonyl (C=O) groups excluding carboxylic acids is 2. The molecule has 1 rings (SSSR count). The fraction of sp³-hybridized carbons (Fsp3) is 0.636. The van der Waals surface area contributed by atoms with Gasteiger partial charge in [-0.25, -0.2) is 0 Å². The minimum Gasteiger partial charge on any atom is -0.465 e. The van der Waals surface area contributed by atoms with Crippen LogP contribution in [0.1, 0.15) is 77.7 Å². The van der Waals surface area contributed by atoms with Gasteiger partial charge in [0.15, 0.2) is 5.41 Å². The Bertz CT molecular complexity index is 500. The van der Waals surface area contributed by atoms with E-state index in [9.17, 15) is 9.59 Å². The lowest BCUT2D eigenvalue weighted by atomic mass is 9.76. The van der Waals surface area contributed by atoms with Gasteiger partial charge in [-0.3, -0.25) is 9.59 Å². The molecule has 0 saturated carbocycles. The number of benzene rings is 1. The van der Waals surface area contributed by atoms with Crippen molar-refractivity contribution in [1.29, 1.82) is 0 Å². The average Bonchev–Trinajstić information content (AvgIpc) is 2.67. The minimum atomic E-state index is -1.37. The monoisotopic (exact) mass is 362 g/mol. The zero-order chi connectivity index (χ0) is 19.3. The second kappa shape index (κ2) is 12.5. The lowest BCUT2D eigenvalue weighted by Gasteiger charge is -2.29. The van der Waals surface area contributed by atoms with Crippen LogP contribution in [0.3, 0.4) is 0 Å². The Morgan fingerprint density at radius 3 is 1.69 bits per heavy atom. The Morgan fingerprint density at radius 1 is 0.769 bits per heavy atom. The highest BCUT2D eigenvalue weighted by atomic mass is 16.6. The van der Waals surface area contributed by atoms with Crippen molar-refractivity contribution in [2.75, 3.05) is 13.2 Å². The molecule has 4 nitrogen and oxygen atoms in total. The van der Waals surface area contributed by atoms with Crippen molar-refractivity contribution >= 4 is 11.9 Å². The first-order valence-corrected chi connectivity index (χ1v) is 10.0. The van der Waals surface area contributed by atoms with E-state index in [1.807, 2.05) is 37.3 Å². The Morgan fingerprint density at radius 2 is 1.27 bits per heavy atom. The van der Waals surface area contributed by atoms with Gasteiger partial charge in [0, 0.05) is 0 Å². The fourth-order valence-corrected chi connectivity index (χ4v) is 3.05. The molecular formula is C22H34O4. The van der Waals surface area contributed by atoms with Gasteiger partial charge in [-0.2, -0.15) is 0 Å². The van der Waals surface area contributed by atoms with Crippen LogP contribution < -0.4 is 0 Å². The van der Waals surface area contributed by atoms with E-state index >= 15 is 0 Å². The van der Waals surface area contributed by atoms with Crippen molar-refractivity contribution in [1.82, 2.24) is 0 Å². The third-order valence-corrected chi connectivity index (χ3v) is 4.55. The quantitative estimate of drug-likeness (QED) is 0.275. The molecule has 0 heterocycles. The SMILES string of the molecule is CCCCCOC(=O)C(CCC)(C(=O)OCCCCC)c1ccccc1. The van der Waals surface area contributed by atoms with Crippen LogP contribution in [0.4, 0.5) is 0 Å². The highest BCUT2D eigenvalue weighted by molar-refractivity contribution is 6.06. The highest BCUT2D eigenvalue weighted by Crippen LogP contribution is 2.33. The molecule has 26 heavy (non-hydrogen) atoms. The van der Waals surface area contributed by atoms with Crippen LogP contribution >= 0.6 is 0 Å². The van der Waals surface area contributed by atoms with Gasteiger partial charge in [-0.1, -0.05) is 83.2 Å². The Balaban J connectivity index is 3.03. The van der Waals surface area contributed by atoms with Crippen molar-refractivity contribution in [3.8, 4) is 0 Å². The maximum absolute atomic E-state index is 13.0. The molecule has 0 aliphatic carbocycles. The highest BCUT2D eigenvalue weighted by Gasteiger charge is 2.49. The van der Waals surface area contributed by atoms with Crippen LogP contribution in [-0.4, -0.2) is 25.2 Å². The summed E-state index contributed by atoms with van der Waals surface area (Å²) in [6, 6.07) is 9.19. The maximum atomic E-state index is 13.0. The van der Waals surface area contributed by atoms with Gasteiger partial charge in [0.05, 0.1) is 13.2 Å². The number of carbonyl (C=O) groups is 2. The fourth-order valence-electron chi connectivity index (χ4n) is 3.05. The van der Waals surface area contributed by atoms with Gasteiger partial charge in [-0.15, -0.1) is 0 Å². The first kappa shape index (κ1) is 22.2. The molecule has 146 valence electrons. The van der Waals surface area contributed by atoms with E-state index in [-0.39, 0.29) is 0 Å². The molecule has 0 radical (unpaired) electrons. The van der Waals surface area contributed by atoms with Crippen LogP contribution in [0, 0.1) is 0 Å². The average molecular weight is 363 g/mol. The van der Waals surface area contributed by atoms with Crippen molar-refractivity contribution < 1.29 is 19.1 Å². The van der Waals surface area contributed by atoms with Gasteiger partial charge in [0.2, 0.25) is 0 Å². The molecule has 1 aromatic carbocycles. The summed E-state index contributed by atoms with van der Waals surface area (Å²) in [5.74, 6) is -0.968. The summed E-state index contributed by atoms with van der Waals surface area (Å²) in [6.45, 7) is 6.84. The Kier molecular flexibility index (Phi) is 10.7. The van der Waals surface area contributed by atoms with Crippen molar-refractivity contribution in [2.24, 2.45) is 0 Å². The van der Waals surface area contributed by atoms with E-state index < -0.39 is 17.4 Å². The van der Waals surface area contributed by atoms with Crippen LogP contribution in [0.15, 0.2) is 30.3 Å². The van der Waals surface area contributed by atoms with Crippen LogP contribution in [0.2, 0.25) is 0 Å². The minimum absolute atomic E-state index is 0.341. The van der Waals surface area contributed by atoms with E-state index in [0.29, 0.717) is 31.6 Å². The molecule has 1 aromatic rings. The molecule has 0 aliphatic heterocycles. The van der Waals surface area contributed by atoms with E-state index in [1.54, 1.807) is 0 Å². The van der Waals surface area contributed by atoms with E-state index in [2.05, 4.69) is 13.8 Å². The molecule has 0 saturated heterocycles. The lowest BCUT2D eigenvalue weighted by molar-refractivity contribution is -0.166. The van der Waals surface area contributed by atoms with Crippen LogP contribution in [0.5, 0.6) is 0 Å². The summed E-state index contributed by atoms with van der Waals surface area (Å²) in [5, 5.41) is 0. The zero-order valence-electron chi connectivity index (χ0n) is 16.6. The van der Waals surface area contributed by atoms with Crippen molar-refractivity contribution in [3.05, 3.63) is 35.9 Å². The smallest absolute Gasteiger partial charge is 0.328 e. The summed E-state index contributed by atoms with van der Waals surface area (Å²) in [6.07, 6.45) is 6.79. The molecule has 0 aromatic heterocycles. The van der Waals surface area contributed by atoms with Gasteiger partial charge in [0.25, 0.3) is 0 Å². The normalized spacial score (nSPS) is 11.2. The molecule has 0 bridgehead atoms. The van der Waals surface area contributed by atoms with E-state index in [0.717, 1.165) is 38.5 Å². The van der Waals surface area contributed by atoms with Gasteiger partial charge in [0.1, 0.15) is 0 Å². The maximum Gasteiger partial charge on any atom is 0.328 e. The predicted molar refractivity (Wildman–Crippen MR) is 104 cm³/mol. The molecule has 0 amide bonds. The van der Waals surface area contributed by atoms with Gasteiger partial charge in [-0.05, 0) is 24.8 Å². The largest absolute Gasteiger partial charge is 0.465 e. The lowest BCUT2D eigenvalue weighted by Crippen LogP contribution is -2.46. The predicted octanol–water partition coefficient (Wildman–Crippen LogP) is 5.19. The Labute approximate surface area is 158 Å². The van der Waals surface area contributed by atoms with Crippen molar-refractivity contribution in [2.45, 2.75) is 77.6 Å². The summed E-state index contributed by atoms with van der Waals surface area (Å²) in [4.78, 5) is 26.1. The van der Waals surface area contributed by atoms with Crippen LogP contribution in [-0.2, 0) is 24.5 Å².